The van der Waals surface area contributed by atoms with Crippen molar-refractivity contribution in [2.75, 3.05) is 18.9 Å². The van der Waals surface area contributed by atoms with Gasteiger partial charge in [0.15, 0.2) is 11.0 Å². The minimum Gasteiger partial charge on any atom is -0.465 e. The Hall–Kier alpha value is -2.35. The number of nitrogens with one attached hydrogen (secondary N) is 1. The summed E-state index contributed by atoms with van der Waals surface area (Å²) in [6, 6.07) is 8.05. The van der Waals surface area contributed by atoms with Crippen molar-refractivity contribution in [2.24, 2.45) is 0 Å². The van der Waals surface area contributed by atoms with E-state index in [1.807, 2.05) is 36.6 Å². The third-order valence-electron chi connectivity index (χ3n) is 3.38. The van der Waals surface area contributed by atoms with E-state index < -0.39 is 5.97 Å². The molecule has 7 nitrogen and oxygen atoms in total. The molecule has 1 amide bonds. The molecule has 1 heterocycles. The number of benzene rings is 1. The molecule has 1 aromatic carbocycles. The fourth-order valence-corrected chi connectivity index (χ4v) is 3.07. The molecule has 0 fully saturated rings. The van der Waals surface area contributed by atoms with Crippen LogP contribution in [-0.4, -0.2) is 45.5 Å². The quantitative estimate of drug-likeness (QED) is 0.571. The first kappa shape index (κ1) is 19.0. The number of rotatable bonds is 8. The van der Waals surface area contributed by atoms with E-state index >= 15 is 0 Å². The van der Waals surface area contributed by atoms with Crippen LogP contribution in [0.2, 0.25) is 0 Å². The minimum absolute atomic E-state index is 0.123. The molecule has 0 spiro atoms. The smallest absolute Gasteiger partial charge is 0.325 e. The van der Waals surface area contributed by atoms with E-state index in [4.69, 9.17) is 4.74 Å². The third kappa shape index (κ3) is 5.32. The summed E-state index contributed by atoms with van der Waals surface area (Å²) in [5, 5.41) is 11.7. The number of carbonyl (C=O) groups is 2. The number of aromatic nitrogens is 3. The lowest BCUT2D eigenvalue weighted by molar-refractivity contribution is -0.143. The van der Waals surface area contributed by atoms with Crippen molar-refractivity contribution in [3.8, 4) is 11.4 Å². The van der Waals surface area contributed by atoms with E-state index in [0.717, 1.165) is 17.0 Å². The van der Waals surface area contributed by atoms with E-state index in [1.165, 1.54) is 11.8 Å². The number of hydrogen-bond acceptors (Lipinski definition) is 6. The summed E-state index contributed by atoms with van der Waals surface area (Å²) in [7, 11) is 0. The Kier molecular flexibility index (Phi) is 7.00. The highest BCUT2D eigenvalue weighted by Crippen LogP contribution is 2.24. The van der Waals surface area contributed by atoms with Crippen molar-refractivity contribution in [1.29, 1.82) is 0 Å². The van der Waals surface area contributed by atoms with Gasteiger partial charge in [0.05, 0.1) is 12.4 Å². The second-order valence-corrected chi connectivity index (χ2v) is 6.23. The third-order valence-corrected chi connectivity index (χ3v) is 4.34. The number of thioether (sulfide) groups is 1. The lowest BCUT2D eigenvalue weighted by Gasteiger charge is -2.08. The average molecular weight is 362 g/mol. The Morgan fingerprint density at radius 1 is 1.28 bits per heavy atom. The molecule has 134 valence electrons. The van der Waals surface area contributed by atoms with Crippen LogP contribution in [0, 0.1) is 6.92 Å². The summed E-state index contributed by atoms with van der Waals surface area (Å²) < 4.78 is 6.74. The predicted molar refractivity (Wildman–Crippen MR) is 96.2 cm³/mol. The van der Waals surface area contributed by atoms with Crippen molar-refractivity contribution in [1.82, 2.24) is 20.1 Å². The van der Waals surface area contributed by atoms with E-state index in [1.54, 1.807) is 6.92 Å². The van der Waals surface area contributed by atoms with Gasteiger partial charge >= 0.3 is 5.97 Å². The van der Waals surface area contributed by atoms with Crippen LogP contribution in [0.1, 0.15) is 19.4 Å². The second-order valence-electron chi connectivity index (χ2n) is 5.29. The fraction of sp³-hybridized carbons (Fsp3) is 0.412. The average Bonchev–Trinajstić information content (AvgIpc) is 3.01. The highest BCUT2D eigenvalue weighted by atomic mass is 32.2. The van der Waals surface area contributed by atoms with Gasteiger partial charge in [0.1, 0.15) is 6.54 Å². The van der Waals surface area contributed by atoms with Gasteiger partial charge in [0, 0.05) is 12.1 Å². The van der Waals surface area contributed by atoms with Crippen molar-refractivity contribution < 1.29 is 14.3 Å². The first-order valence-electron chi connectivity index (χ1n) is 8.10. The standard InChI is InChI=1S/C17H22N4O3S/c1-4-21-16(13-8-6-7-12(3)9-13)19-20-17(21)25-11-14(22)18-10-15(23)24-5-2/h6-9H,4-5,10-11H2,1-3H3,(H,18,22). The van der Waals surface area contributed by atoms with Crippen LogP contribution in [0.15, 0.2) is 29.4 Å². The summed E-state index contributed by atoms with van der Waals surface area (Å²) in [6.07, 6.45) is 0. The molecule has 0 saturated heterocycles. The number of esters is 1. The maximum atomic E-state index is 11.8. The van der Waals surface area contributed by atoms with Crippen molar-refractivity contribution >= 4 is 23.6 Å². The van der Waals surface area contributed by atoms with Crippen LogP contribution in [0.5, 0.6) is 0 Å². The Labute approximate surface area is 151 Å². The number of amides is 1. The number of carbonyl (C=O) groups excluding carboxylic acids is 2. The zero-order valence-electron chi connectivity index (χ0n) is 14.6. The highest BCUT2D eigenvalue weighted by Gasteiger charge is 2.15. The van der Waals surface area contributed by atoms with E-state index in [-0.39, 0.29) is 18.2 Å². The van der Waals surface area contributed by atoms with Crippen LogP contribution in [0.25, 0.3) is 11.4 Å². The van der Waals surface area contributed by atoms with Crippen LogP contribution in [0.4, 0.5) is 0 Å². The Morgan fingerprint density at radius 2 is 2.08 bits per heavy atom. The van der Waals surface area contributed by atoms with Crippen molar-refractivity contribution in [3.63, 3.8) is 0 Å². The SMILES string of the molecule is CCOC(=O)CNC(=O)CSc1nnc(-c2cccc(C)c2)n1CC. The van der Waals surface area contributed by atoms with Gasteiger partial charge in [-0.15, -0.1) is 10.2 Å². The molecule has 0 aliphatic heterocycles. The maximum Gasteiger partial charge on any atom is 0.325 e. The molecular formula is C17H22N4O3S. The molecule has 0 radical (unpaired) electrons. The Balaban J connectivity index is 1.99. The van der Waals surface area contributed by atoms with Crippen LogP contribution in [0.3, 0.4) is 0 Å². The molecular weight excluding hydrogens is 340 g/mol. The lowest BCUT2D eigenvalue weighted by Crippen LogP contribution is -2.31. The van der Waals surface area contributed by atoms with Gasteiger partial charge in [-0.05, 0) is 26.8 Å². The molecule has 1 N–H and O–H groups in total. The van der Waals surface area contributed by atoms with Crippen LogP contribution >= 0.6 is 11.8 Å². The predicted octanol–water partition coefficient (Wildman–Crippen LogP) is 2.04. The molecule has 1 aromatic heterocycles. The molecule has 2 rings (SSSR count). The Bertz CT molecular complexity index is 745. The molecule has 0 atom stereocenters. The maximum absolute atomic E-state index is 11.8. The molecule has 8 heteroatoms. The molecule has 0 saturated carbocycles. The molecule has 0 unspecified atom stereocenters. The number of aryl methyl sites for hydroxylation is 1. The van der Waals surface area contributed by atoms with Crippen molar-refractivity contribution in [2.45, 2.75) is 32.5 Å². The summed E-state index contributed by atoms with van der Waals surface area (Å²) in [6.45, 7) is 6.63. The summed E-state index contributed by atoms with van der Waals surface area (Å²) in [5.74, 6) is 0.242. The summed E-state index contributed by atoms with van der Waals surface area (Å²) >= 11 is 1.29. The van der Waals surface area contributed by atoms with Gasteiger partial charge in [0.25, 0.3) is 0 Å². The van der Waals surface area contributed by atoms with E-state index in [9.17, 15) is 9.59 Å². The lowest BCUT2D eigenvalue weighted by atomic mass is 10.1. The van der Waals surface area contributed by atoms with Crippen molar-refractivity contribution in [3.05, 3.63) is 29.8 Å². The van der Waals surface area contributed by atoms with E-state index in [2.05, 4.69) is 21.6 Å². The largest absolute Gasteiger partial charge is 0.465 e. The molecule has 0 bridgehead atoms. The summed E-state index contributed by atoms with van der Waals surface area (Å²) in [5.41, 5.74) is 2.14. The van der Waals surface area contributed by atoms with E-state index in [0.29, 0.717) is 18.3 Å². The molecule has 2 aromatic rings. The monoisotopic (exact) mass is 362 g/mol. The molecule has 25 heavy (non-hydrogen) atoms. The minimum atomic E-state index is -0.445. The zero-order valence-corrected chi connectivity index (χ0v) is 15.4. The normalized spacial score (nSPS) is 10.5. The number of nitrogens with zero attached hydrogens (tertiary/aromatic N) is 3. The topological polar surface area (TPSA) is 86.1 Å². The Morgan fingerprint density at radius 3 is 2.76 bits per heavy atom. The second kappa shape index (κ2) is 9.22. The first-order valence-corrected chi connectivity index (χ1v) is 9.09. The highest BCUT2D eigenvalue weighted by molar-refractivity contribution is 7.99. The van der Waals surface area contributed by atoms with Gasteiger partial charge in [-0.3, -0.25) is 9.59 Å². The van der Waals surface area contributed by atoms with Gasteiger partial charge in [-0.25, -0.2) is 0 Å². The van der Waals surface area contributed by atoms with Gasteiger partial charge in [0.2, 0.25) is 5.91 Å². The van der Waals surface area contributed by atoms with Gasteiger partial charge < -0.3 is 14.6 Å². The van der Waals surface area contributed by atoms with Gasteiger partial charge in [-0.1, -0.05) is 35.5 Å². The number of hydrogen-bond donors (Lipinski definition) is 1. The zero-order chi connectivity index (χ0) is 18.2. The van der Waals surface area contributed by atoms with Gasteiger partial charge in [-0.2, -0.15) is 0 Å². The first-order chi connectivity index (χ1) is 12.0. The van der Waals surface area contributed by atoms with Crippen LogP contribution in [-0.2, 0) is 20.9 Å². The van der Waals surface area contributed by atoms with Crippen LogP contribution < -0.4 is 5.32 Å². The fourth-order valence-electron chi connectivity index (χ4n) is 2.24. The summed E-state index contributed by atoms with van der Waals surface area (Å²) in [4.78, 5) is 23.1. The molecule has 0 aliphatic carbocycles. The molecule has 0 aliphatic rings. The number of ether oxygens (including phenoxy) is 1.